The van der Waals surface area contributed by atoms with Gasteiger partial charge in [0, 0.05) is 37.7 Å². The fourth-order valence-corrected chi connectivity index (χ4v) is 3.68. The van der Waals surface area contributed by atoms with E-state index in [4.69, 9.17) is 4.99 Å². The van der Waals surface area contributed by atoms with E-state index in [1.54, 1.807) is 7.05 Å². The first-order chi connectivity index (χ1) is 10.3. The van der Waals surface area contributed by atoms with Crippen molar-refractivity contribution in [1.82, 2.24) is 15.5 Å². The molecule has 0 aromatic rings. The van der Waals surface area contributed by atoms with E-state index in [1.165, 1.54) is 0 Å². The number of carbonyl (C=O) groups is 1. The zero-order chi connectivity index (χ0) is 16.8. The fraction of sp³-hybridized carbons (Fsp3) is 0.875. The zero-order valence-electron chi connectivity index (χ0n) is 15.3. The molecule has 1 saturated heterocycles. The number of guanidine groups is 1. The van der Waals surface area contributed by atoms with Crippen LogP contribution in [0.3, 0.4) is 0 Å². The van der Waals surface area contributed by atoms with E-state index in [9.17, 15) is 4.79 Å². The Hall–Kier alpha value is -0.180. The highest BCUT2D eigenvalue weighted by Gasteiger charge is 2.28. The first-order valence-corrected chi connectivity index (χ1v) is 9.23. The topological polar surface area (TPSA) is 56.7 Å². The van der Waals surface area contributed by atoms with Crippen LogP contribution in [-0.2, 0) is 4.79 Å². The maximum atomic E-state index is 11.9. The lowest BCUT2D eigenvalue weighted by atomic mass is 9.93. The van der Waals surface area contributed by atoms with Crippen LogP contribution in [0.15, 0.2) is 4.99 Å². The number of rotatable bonds is 5. The van der Waals surface area contributed by atoms with Gasteiger partial charge in [-0.1, -0.05) is 13.8 Å². The molecule has 0 saturated carbocycles. The molecule has 0 radical (unpaired) electrons. The number of hydrogen-bond donors (Lipinski definition) is 2. The minimum atomic E-state index is -0.489. The Morgan fingerprint density at radius 2 is 2.09 bits per heavy atom. The first kappa shape index (κ1) is 22.8. The summed E-state index contributed by atoms with van der Waals surface area (Å²) in [5.74, 6) is 2.76. The Kier molecular flexibility index (Phi) is 10.6. The lowest BCUT2D eigenvalue weighted by molar-refractivity contribution is -0.128. The number of halogens is 1. The van der Waals surface area contributed by atoms with Crippen LogP contribution in [0.2, 0.25) is 0 Å². The summed E-state index contributed by atoms with van der Waals surface area (Å²) in [5.41, 5.74) is -0.489. The molecule has 7 heteroatoms. The standard InChI is InChI=1S/C16H32N4OS.HI/c1-7-18-15(19-11-16(4,5)14(21)17-6)20-8-9-22-13(10-20)12(2)3;/h12-13H,7-11H2,1-6H3,(H,17,21)(H,18,19);1H. The van der Waals surface area contributed by atoms with Crippen molar-refractivity contribution in [3.05, 3.63) is 0 Å². The number of hydrogen-bond acceptors (Lipinski definition) is 3. The largest absolute Gasteiger partial charge is 0.359 e. The predicted molar refractivity (Wildman–Crippen MR) is 112 cm³/mol. The van der Waals surface area contributed by atoms with Crippen molar-refractivity contribution in [2.45, 2.75) is 39.9 Å². The van der Waals surface area contributed by atoms with Crippen molar-refractivity contribution in [3.63, 3.8) is 0 Å². The molecule has 0 spiro atoms. The fourth-order valence-electron chi connectivity index (χ4n) is 2.38. The van der Waals surface area contributed by atoms with Gasteiger partial charge in [0.05, 0.1) is 12.0 Å². The van der Waals surface area contributed by atoms with E-state index in [-0.39, 0.29) is 29.9 Å². The molecule has 1 atom stereocenters. The van der Waals surface area contributed by atoms with Crippen LogP contribution < -0.4 is 10.6 Å². The molecule has 0 aromatic heterocycles. The molecular formula is C16H33IN4OS. The van der Waals surface area contributed by atoms with E-state index < -0.39 is 5.41 Å². The Morgan fingerprint density at radius 3 is 2.61 bits per heavy atom. The van der Waals surface area contributed by atoms with Crippen LogP contribution in [0, 0.1) is 11.3 Å². The van der Waals surface area contributed by atoms with E-state index in [2.05, 4.69) is 48.1 Å². The first-order valence-electron chi connectivity index (χ1n) is 8.18. The Labute approximate surface area is 162 Å². The molecule has 1 rings (SSSR count). The maximum absolute atomic E-state index is 11.9. The average Bonchev–Trinajstić information content (AvgIpc) is 2.50. The Morgan fingerprint density at radius 1 is 1.43 bits per heavy atom. The van der Waals surface area contributed by atoms with Gasteiger partial charge in [0.1, 0.15) is 0 Å². The SMILES string of the molecule is CCNC(=NCC(C)(C)C(=O)NC)N1CCSC(C(C)C)C1.I. The van der Waals surface area contributed by atoms with Crippen molar-refractivity contribution in [1.29, 1.82) is 0 Å². The highest BCUT2D eigenvalue weighted by molar-refractivity contribution is 14.0. The van der Waals surface area contributed by atoms with Crippen molar-refractivity contribution in [2.75, 3.05) is 39.0 Å². The second-order valence-electron chi connectivity index (χ2n) is 6.73. The molecule has 136 valence electrons. The second kappa shape index (κ2) is 10.6. The highest BCUT2D eigenvalue weighted by atomic mass is 127. The minimum Gasteiger partial charge on any atom is -0.359 e. The third-order valence-electron chi connectivity index (χ3n) is 3.94. The van der Waals surface area contributed by atoms with E-state index in [1.807, 2.05) is 13.8 Å². The molecule has 5 nitrogen and oxygen atoms in total. The summed E-state index contributed by atoms with van der Waals surface area (Å²) in [6, 6.07) is 0. The van der Waals surface area contributed by atoms with Gasteiger partial charge in [-0.25, -0.2) is 0 Å². The van der Waals surface area contributed by atoms with Crippen LogP contribution in [0.4, 0.5) is 0 Å². The third-order valence-corrected chi connectivity index (χ3v) is 5.48. The van der Waals surface area contributed by atoms with Gasteiger partial charge in [-0.2, -0.15) is 11.8 Å². The molecule has 1 aliphatic heterocycles. The van der Waals surface area contributed by atoms with Crippen LogP contribution in [0.1, 0.15) is 34.6 Å². The molecular weight excluding hydrogens is 423 g/mol. The van der Waals surface area contributed by atoms with Gasteiger partial charge in [0.25, 0.3) is 0 Å². The quantitative estimate of drug-likeness (QED) is 0.379. The van der Waals surface area contributed by atoms with Gasteiger partial charge < -0.3 is 15.5 Å². The van der Waals surface area contributed by atoms with Gasteiger partial charge in [-0.15, -0.1) is 24.0 Å². The van der Waals surface area contributed by atoms with Crippen molar-refractivity contribution in [2.24, 2.45) is 16.3 Å². The van der Waals surface area contributed by atoms with E-state index in [0.717, 1.165) is 31.3 Å². The number of carbonyl (C=O) groups excluding carboxylic acids is 1. The highest BCUT2D eigenvalue weighted by Crippen LogP contribution is 2.25. The molecule has 1 amide bonds. The summed E-state index contributed by atoms with van der Waals surface area (Å²) in [5, 5.41) is 6.74. The van der Waals surface area contributed by atoms with Crippen molar-refractivity contribution in [3.8, 4) is 0 Å². The number of nitrogens with one attached hydrogen (secondary N) is 2. The summed E-state index contributed by atoms with van der Waals surface area (Å²) in [6.45, 7) is 13.9. The molecule has 23 heavy (non-hydrogen) atoms. The van der Waals surface area contributed by atoms with Crippen molar-refractivity contribution >= 4 is 47.6 Å². The summed E-state index contributed by atoms with van der Waals surface area (Å²) in [7, 11) is 1.67. The average molecular weight is 456 g/mol. The normalized spacial score (nSPS) is 19.3. The van der Waals surface area contributed by atoms with E-state index in [0.29, 0.717) is 17.7 Å². The lowest BCUT2D eigenvalue weighted by Gasteiger charge is -2.36. The monoisotopic (exact) mass is 456 g/mol. The van der Waals surface area contributed by atoms with Gasteiger partial charge >= 0.3 is 0 Å². The second-order valence-corrected chi connectivity index (χ2v) is 8.08. The molecule has 1 aliphatic rings. The minimum absolute atomic E-state index is 0. The van der Waals surface area contributed by atoms with Crippen LogP contribution in [-0.4, -0.2) is 61.0 Å². The van der Waals surface area contributed by atoms with Gasteiger partial charge in [-0.3, -0.25) is 9.79 Å². The van der Waals surface area contributed by atoms with Gasteiger partial charge in [0.15, 0.2) is 5.96 Å². The van der Waals surface area contributed by atoms with Crippen molar-refractivity contribution < 1.29 is 4.79 Å². The molecule has 1 fully saturated rings. The van der Waals surface area contributed by atoms with Crippen LogP contribution in [0.5, 0.6) is 0 Å². The van der Waals surface area contributed by atoms with Crippen LogP contribution in [0.25, 0.3) is 0 Å². The number of nitrogens with zero attached hydrogens (tertiary/aromatic N) is 2. The summed E-state index contributed by atoms with van der Waals surface area (Å²) in [4.78, 5) is 19.0. The van der Waals surface area contributed by atoms with Crippen LogP contribution >= 0.6 is 35.7 Å². The molecule has 0 bridgehead atoms. The third kappa shape index (κ3) is 7.07. The van der Waals surface area contributed by atoms with Gasteiger partial charge in [0.2, 0.25) is 5.91 Å². The predicted octanol–water partition coefficient (Wildman–Crippen LogP) is 2.42. The Balaban J connectivity index is 0.00000484. The molecule has 1 heterocycles. The zero-order valence-corrected chi connectivity index (χ0v) is 18.5. The number of thioether (sulfide) groups is 1. The summed E-state index contributed by atoms with van der Waals surface area (Å²) < 4.78 is 0. The number of aliphatic imine (C=N–C) groups is 1. The summed E-state index contributed by atoms with van der Waals surface area (Å²) >= 11 is 2.05. The number of amides is 1. The Bertz CT molecular complexity index is 402. The molecule has 0 aliphatic carbocycles. The van der Waals surface area contributed by atoms with E-state index >= 15 is 0 Å². The smallest absolute Gasteiger partial charge is 0.227 e. The van der Waals surface area contributed by atoms with Gasteiger partial charge in [-0.05, 0) is 26.7 Å². The molecule has 1 unspecified atom stereocenters. The molecule has 0 aromatic carbocycles. The lowest BCUT2D eigenvalue weighted by Crippen LogP contribution is -2.49. The molecule has 2 N–H and O–H groups in total. The summed E-state index contributed by atoms with van der Waals surface area (Å²) in [6.07, 6.45) is 0. The maximum Gasteiger partial charge on any atom is 0.227 e.